The Morgan fingerprint density at radius 3 is 2.48 bits per heavy atom. The molecule has 2 atom stereocenters. The van der Waals surface area contributed by atoms with Gasteiger partial charge in [-0.15, -0.1) is 0 Å². The summed E-state index contributed by atoms with van der Waals surface area (Å²) in [4.78, 5) is 12.5. The molecule has 3 rings (SSSR count). The quantitative estimate of drug-likeness (QED) is 0.462. The van der Waals surface area contributed by atoms with Crippen molar-refractivity contribution in [2.45, 2.75) is 38.8 Å². The lowest BCUT2D eigenvalue weighted by molar-refractivity contribution is 0.122. The highest BCUT2D eigenvalue weighted by atomic mass is 16.5. The smallest absolute Gasteiger partial charge is 0.191 e. The van der Waals surface area contributed by atoms with Crippen LogP contribution in [-0.2, 0) is 0 Å². The Labute approximate surface area is 188 Å². The summed E-state index contributed by atoms with van der Waals surface area (Å²) in [5, 5.41) is 7.07. The molecule has 0 aromatic heterocycles. The molecule has 2 fully saturated rings. The van der Waals surface area contributed by atoms with E-state index in [1.165, 1.54) is 18.4 Å². The molecule has 2 aliphatic heterocycles. The molecular formula is C24H42N6O. The van der Waals surface area contributed by atoms with E-state index >= 15 is 0 Å². The summed E-state index contributed by atoms with van der Waals surface area (Å²) in [5.74, 6) is 1.83. The van der Waals surface area contributed by atoms with Gasteiger partial charge >= 0.3 is 0 Å². The molecule has 7 heteroatoms. The molecule has 0 amide bonds. The fourth-order valence-electron chi connectivity index (χ4n) is 4.50. The van der Waals surface area contributed by atoms with E-state index in [0.29, 0.717) is 12.1 Å². The maximum Gasteiger partial charge on any atom is 0.191 e. The first-order valence-corrected chi connectivity index (χ1v) is 11.9. The van der Waals surface area contributed by atoms with Gasteiger partial charge in [-0.2, -0.15) is 0 Å². The molecule has 31 heavy (non-hydrogen) atoms. The van der Waals surface area contributed by atoms with Crippen molar-refractivity contribution < 1.29 is 4.74 Å². The Bertz CT molecular complexity index is 682. The number of hydrogen-bond donors (Lipinski definition) is 2. The lowest BCUT2D eigenvalue weighted by Gasteiger charge is -2.36. The minimum absolute atomic E-state index is 0.316. The lowest BCUT2D eigenvalue weighted by Crippen LogP contribution is -2.49. The Morgan fingerprint density at radius 2 is 1.81 bits per heavy atom. The highest BCUT2D eigenvalue weighted by Gasteiger charge is 2.24. The summed E-state index contributed by atoms with van der Waals surface area (Å²) in [6, 6.07) is 9.27. The Kier molecular flexibility index (Phi) is 9.43. The predicted octanol–water partition coefficient (Wildman–Crippen LogP) is 2.02. The van der Waals surface area contributed by atoms with E-state index in [0.717, 1.165) is 70.6 Å². The Balaban J connectivity index is 1.63. The van der Waals surface area contributed by atoms with Gasteiger partial charge in [-0.1, -0.05) is 12.1 Å². The minimum atomic E-state index is 0.316. The molecule has 1 aromatic rings. The number of benzene rings is 1. The molecule has 174 valence electrons. The van der Waals surface area contributed by atoms with E-state index in [9.17, 15) is 0 Å². The largest absolute Gasteiger partial charge is 0.497 e. The van der Waals surface area contributed by atoms with Gasteiger partial charge in [0.15, 0.2) is 5.96 Å². The van der Waals surface area contributed by atoms with Gasteiger partial charge in [0, 0.05) is 45.3 Å². The Hall–Kier alpha value is -1.83. The number of likely N-dealkylation sites (tertiary alicyclic amines) is 1. The monoisotopic (exact) mass is 430 g/mol. The van der Waals surface area contributed by atoms with Crippen LogP contribution in [0.2, 0.25) is 0 Å². The minimum Gasteiger partial charge on any atom is -0.497 e. The summed E-state index contributed by atoms with van der Waals surface area (Å²) >= 11 is 0. The second-order valence-corrected chi connectivity index (χ2v) is 8.82. The molecule has 2 heterocycles. The second-order valence-electron chi connectivity index (χ2n) is 8.82. The zero-order valence-corrected chi connectivity index (χ0v) is 19.9. The molecule has 1 aromatic carbocycles. The van der Waals surface area contributed by atoms with Crippen molar-refractivity contribution in [3.63, 3.8) is 0 Å². The van der Waals surface area contributed by atoms with Crippen LogP contribution in [0, 0.1) is 0 Å². The van der Waals surface area contributed by atoms with Crippen molar-refractivity contribution in [1.82, 2.24) is 25.3 Å². The molecule has 0 aliphatic carbocycles. The number of guanidine groups is 1. The molecule has 2 unspecified atom stereocenters. The SMILES string of the molecule is CCNC(=NCC(C)N1CCN(C)CC1)NCC(c1cccc(OC)c1)N1CCCC1. The molecule has 2 N–H and O–H groups in total. The van der Waals surface area contributed by atoms with E-state index in [4.69, 9.17) is 9.73 Å². The van der Waals surface area contributed by atoms with E-state index in [1.807, 2.05) is 6.07 Å². The number of nitrogens with zero attached hydrogens (tertiary/aromatic N) is 4. The van der Waals surface area contributed by atoms with E-state index < -0.39 is 0 Å². The van der Waals surface area contributed by atoms with Crippen molar-refractivity contribution in [3.05, 3.63) is 29.8 Å². The standard InChI is InChI=1S/C24H42N6O/c1-5-25-24(26-18-20(2)29-15-13-28(3)14-16-29)27-19-23(30-11-6-7-12-30)21-9-8-10-22(17-21)31-4/h8-10,17,20,23H,5-7,11-16,18-19H2,1-4H3,(H2,25,26,27). The molecule has 0 radical (unpaired) electrons. The average molecular weight is 431 g/mol. The number of hydrogen-bond acceptors (Lipinski definition) is 5. The molecule has 2 aliphatic rings. The highest BCUT2D eigenvalue weighted by molar-refractivity contribution is 5.79. The number of likely N-dealkylation sites (N-methyl/N-ethyl adjacent to an activating group) is 1. The molecular weight excluding hydrogens is 388 g/mol. The van der Waals surface area contributed by atoms with Gasteiger partial charge in [0.05, 0.1) is 19.7 Å². The maximum absolute atomic E-state index is 5.48. The third-order valence-electron chi connectivity index (χ3n) is 6.54. The normalized spacial score (nSPS) is 21.1. The van der Waals surface area contributed by atoms with Crippen LogP contribution in [-0.4, -0.2) is 99.8 Å². The topological polar surface area (TPSA) is 55.4 Å². The highest BCUT2D eigenvalue weighted by Crippen LogP contribution is 2.27. The second kappa shape index (κ2) is 12.3. The van der Waals surface area contributed by atoms with Crippen LogP contribution in [0.1, 0.15) is 38.3 Å². The first-order chi connectivity index (χ1) is 15.1. The number of nitrogens with one attached hydrogen (secondary N) is 2. The third-order valence-corrected chi connectivity index (χ3v) is 6.54. The van der Waals surface area contributed by atoms with Crippen LogP contribution in [0.4, 0.5) is 0 Å². The number of rotatable bonds is 9. The molecule has 7 nitrogen and oxygen atoms in total. The van der Waals surface area contributed by atoms with Gasteiger partial charge in [0.2, 0.25) is 0 Å². The Morgan fingerprint density at radius 1 is 1.06 bits per heavy atom. The first-order valence-electron chi connectivity index (χ1n) is 11.9. The van der Waals surface area contributed by atoms with Crippen LogP contribution in [0.15, 0.2) is 29.3 Å². The van der Waals surface area contributed by atoms with Crippen molar-refractivity contribution in [1.29, 1.82) is 0 Å². The van der Waals surface area contributed by atoms with Gasteiger partial charge < -0.3 is 20.3 Å². The molecule has 2 saturated heterocycles. The van der Waals surface area contributed by atoms with Crippen molar-refractivity contribution in [3.8, 4) is 5.75 Å². The zero-order chi connectivity index (χ0) is 22.1. The number of methoxy groups -OCH3 is 1. The number of aliphatic imine (C=N–C) groups is 1. The van der Waals surface area contributed by atoms with Crippen LogP contribution in [0.25, 0.3) is 0 Å². The first kappa shape index (κ1) is 23.8. The summed E-state index contributed by atoms with van der Waals surface area (Å²) in [7, 11) is 3.94. The van der Waals surface area contributed by atoms with Gasteiger partial charge in [0.1, 0.15) is 5.75 Å². The predicted molar refractivity (Wildman–Crippen MR) is 129 cm³/mol. The fourth-order valence-corrected chi connectivity index (χ4v) is 4.50. The summed E-state index contributed by atoms with van der Waals surface area (Å²) in [6.07, 6.45) is 2.55. The van der Waals surface area contributed by atoms with Gasteiger partial charge in [0.25, 0.3) is 0 Å². The van der Waals surface area contributed by atoms with Crippen LogP contribution < -0.4 is 15.4 Å². The molecule has 0 saturated carbocycles. The van der Waals surface area contributed by atoms with Crippen LogP contribution >= 0.6 is 0 Å². The van der Waals surface area contributed by atoms with Crippen molar-refractivity contribution in [2.75, 3.05) is 73.1 Å². The van der Waals surface area contributed by atoms with Crippen LogP contribution in [0.3, 0.4) is 0 Å². The third kappa shape index (κ3) is 7.09. The maximum atomic E-state index is 5.48. The van der Waals surface area contributed by atoms with Crippen molar-refractivity contribution >= 4 is 5.96 Å². The van der Waals surface area contributed by atoms with Gasteiger partial charge in [-0.3, -0.25) is 14.8 Å². The molecule has 0 spiro atoms. The average Bonchev–Trinajstić information content (AvgIpc) is 3.32. The zero-order valence-electron chi connectivity index (χ0n) is 19.9. The number of piperazine rings is 1. The van der Waals surface area contributed by atoms with E-state index in [-0.39, 0.29) is 0 Å². The summed E-state index contributed by atoms with van der Waals surface area (Å²) < 4.78 is 5.48. The lowest BCUT2D eigenvalue weighted by atomic mass is 10.1. The van der Waals surface area contributed by atoms with E-state index in [1.54, 1.807) is 7.11 Å². The van der Waals surface area contributed by atoms with Crippen LogP contribution in [0.5, 0.6) is 5.75 Å². The van der Waals surface area contributed by atoms with E-state index in [2.05, 4.69) is 64.4 Å². The van der Waals surface area contributed by atoms with Gasteiger partial charge in [-0.05, 0) is 64.5 Å². The fraction of sp³-hybridized carbons (Fsp3) is 0.708. The van der Waals surface area contributed by atoms with Crippen molar-refractivity contribution in [2.24, 2.45) is 4.99 Å². The van der Waals surface area contributed by atoms with Gasteiger partial charge in [-0.25, -0.2) is 0 Å². The molecule has 0 bridgehead atoms. The summed E-state index contributed by atoms with van der Waals surface area (Å²) in [5.41, 5.74) is 1.30. The summed E-state index contributed by atoms with van der Waals surface area (Å²) in [6.45, 7) is 13.8. The number of ether oxygens (including phenoxy) is 1.